The van der Waals surface area contributed by atoms with Gasteiger partial charge in [-0.1, -0.05) is 24.3 Å². The summed E-state index contributed by atoms with van der Waals surface area (Å²) in [4.78, 5) is 20.5. The summed E-state index contributed by atoms with van der Waals surface area (Å²) < 4.78 is 29.8. The highest BCUT2D eigenvalue weighted by atomic mass is 19.3. The van der Waals surface area contributed by atoms with E-state index < -0.39 is 24.2 Å². The van der Waals surface area contributed by atoms with E-state index in [0.717, 1.165) is 47.4 Å². The highest BCUT2D eigenvalue weighted by Crippen LogP contribution is 2.36. The zero-order valence-corrected chi connectivity index (χ0v) is 19.5. The van der Waals surface area contributed by atoms with E-state index in [1.165, 1.54) is 11.8 Å². The van der Waals surface area contributed by atoms with Crippen LogP contribution in [0.2, 0.25) is 0 Å². The molecule has 2 N–H and O–H groups in total. The lowest BCUT2D eigenvalue weighted by atomic mass is 9.88. The fourth-order valence-corrected chi connectivity index (χ4v) is 4.76. The van der Waals surface area contributed by atoms with Crippen LogP contribution in [0.1, 0.15) is 66.8 Å². The van der Waals surface area contributed by atoms with Crippen molar-refractivity contribution in [2.75, 3.05) is 11.9 Å². The third-order valence-corrected chi connectivity index (χ3v) is 6.57. The summed E-state index contributed by atoms with van der Waals surface area (Å²) in [6.07, 6.45) is 4.16. The molecule has 1 aliphatic rings. The first-order valence-corrected chi connectivity index (χ1v) is 12.0. The average molecular weight is 468 g/mol. The number of halogens is 2. The maximum atomic E-state index is 14.9. The van der Waals surface area contributed by atoms with Crippen molar-refractivity contribution in [3.63, 3.8) is 0 Å². The summed E-state index contributed by atoms with van der Waals surface area (Å²) in [5.74, 6) is -3.90. The predicted octanol–water partition coefficient (Wildman–Crippen LogP) is 6.29. The number of carbonyl (C=O) groups is 1. The van der Waals surface area contributed by atoms with E-state index in [0.29, 0.717) is 24.8 Å². The van der Waals surface area contributed by atoms with Crippen LogP contribution in [-0.2, 0) is 17.6 Å². The number of hydrogen-bond acceptors (Lipinski definition) is 4. The van der Waals surface area contributed by atoms with Crippen LogP contribution >= 0.6 is 0 Å². The minimum atomic E-state index is -2.95. The van der Waals surface area contributed by atoms with E-state index in [9.17, 15) is 18.7 Å². The number of aliphatic carboxylic acids is 1. The Kier molecular flexibility index (Phi) is 7.39. The Labute approximate surface area is 198 Å². The van der Waals surface area contributed by atoms with Crippen molar-refractivity contribution in [1.29, 1.82) is 0 Å². The average Bonchev–Trinajstić information content (AvgIpc) is 2.81. The summed E-state index contributed by atoms with van der Waals surface area (Å²) in [6, 6.07) is 11.3. The number of pyridine rings is 2. The number of hydrogen-bond donors (Lipinski definition) is 2. The van der Waals surface area contributed by atoms with Crippen LogP contribution in [0.25, 0.3) is 10.9 Å². The topological polar surface area (TPSA) is 75.1 Å². The van der Waals surface area contributed by atoms with Gasteiger partial charge >= 0.3 is 5.97 Å². The minimum Gasteiger partial charge on any atom is -0.481 e. The number of anilines is 1. The summed E-state index contributed by atoms with van der Waals surface area (Å²) in [5, 5.41) is 13.5. The van der Waals surface area contributed by atoms with Gasteiger partial charge in [-0.3, -0.25) is 9.78 Å². The Balaban J connectivity index is 1.37. The molecule has 7 heteroatoms. The molecule has 0 amide bonds. The van der Waals surface area contributed by atoms with E-state index in [1.54, 1.807) is 6.07 Å². The number of aromatic nitrogens is 2. The molecule has 180 valence electrons. The first-order chi connectivity index (χ1) is 16.3. The number of rotatable bonds is 10. The number of unbranched alkanes of at least 4 members (excludes halogenated alkanes) is 1. The Hall–Kier alpha value is -3.09. The minimum absolute atomic E-state index is 0.271. The normalized spacial score (nSPS) is 14.4. The monoisotopic (exact) mass is 467 g/mol. The van der Waals surface area contributed by atoms with E-state index in [4.69, 9.17) is 4.98 Å². The maximum absolute atomic E-state index is 14.9. The number of para-hydroxylation sites is 1. The Bertz CT molecular complexity index is 1170. The number of alkyl halides is 2. The van der Waals surface area contributed by atoms with Gasteiger partial charge in [0.25, 0.3) is 0 Å². The molecule has 5 nitrogen and oxygen atoms in total. The second-order valence-electron chi connectivity index (χ2n) is 9.31. The largest absolute Gasteiger partial charge is 0.481 e. The number of carboxylic acids is 1. The van der Waals surface area contributed by atoms with Gasteiger partial charge in [-0.25, -0.2) is 13.8 Å². The van der Waals surface area contributed by atoms with Gasteiger partial charge in [0.15, 0.2) is 0 Å². The lowest BCUT2D eigenvalue weighted by Gasteiger charge is -2.23. The molecular formula is C27H31F2N3O2. The number of aryl methyl sites for hydroxylation is 3. The smallest absolute Gasteiger partial charge is 0.303 e. The lowest BCUT2D eigenvalue weighted by Crippen LogP contribution is -2.22. The number of nitrogens with zero attached hydrogens (tertiary/aromatic N) is 2. The predicted molar refractivity (Wildman–Crippen MR) is 130 cm³/mol. The second-order valence-corrected chi connectivity index (χ2v) is 9.31. The zero-order chi connectivity index (χ0) is 24.1. The summed E-state index contributed by atoms with van der Waals surface area (Å²) in [5.41, 5.74) is 4.60. The van der Waals surface area contributed by atoms with E-state index in [2.05, 4.69) is 16.4 Å². The van der Waals surface area contributed by atoms with Gasteiger partial charge in [0.05, 0.1) is 11.9 Å². The van der Waals surface area contributed by atoms with Gasteiger partial charge in [0.1, 0.15) is 5.82 Å². The van der Waals surface area contributed by atoms with E-state index in [1.807, 2.05) is 31.2 Å². The van der Waals surface area contributed by atoms with Crippen molar-refractivity contribution >= 4 is 22.7 Å². The molecule has 3 heterocycles. The molecule has 1 atom stereocenters. The number of carboxylic acid groups (broad SMARTS) is 1. The third kappa shape index (κ3) is 6.07. The first-order valence-electron chi connectivity index (χ1n) is 12.0. The van der Waals surface area contributed by atoms with Crippen molar-refractivity contribution in [1.82, 2.24) is 9.97 Å². The maximum Gasteiger partial charge on any atom is 0.303 e. The quantitative estimate of drug-likeness (QED) is 0.343. The molecule has 0 fully saturated rings. The fourth-order valence-electron chi connectivity index (χ4n) is 4.76. The Morgan fingerprint density at radius 3 is 2.88 bits per heavy atom. The van der Waals surface area contributed by atoms with Gasteiger partial charge in [0, 0.05) is 42.6 Å². The number of fused-ring (bicyclic) bond motifs is 2. The van der Waals surface area contributed by atoms with Crippen LogP contribution in [0.4, 0.5) is 14.6 Å². The molecule has 3 aromatic rings. The Morgan fingerprint density at radius 1 is 1.24 bits per heavy atom. The molecule has 2 aromatic heterocycles. The van der Waals surface area contributed by atoms with Crippen LogP contribution in [0.3, 0.4) is 0 Å². The summed E-state index contributed by atoms with van der Waals surface area (Å²) >= 11 is 0. The van der Waals surface area contributed by atoms with Crippen molar-refractivity contribution in [3.05, 3.63) is 65.0 Å². The van der Waals surface area contributed by atoms with E-state index in [-0.39, 0.29) is 12.8 Å². The molecule has 0 saturated carbocycles. The van der Waals surface area contributed by atoms with Gasteiger partial charge in [-0.2, -0.15) is 0 Å². The number of benzene rings is 1. The highest BCUT2D eigenvalue weighted by Gasteiger charge is 2.34. The van der Waals surface area contributed by atoms with Crippen LogP contribution < -0.4 is 5.32 Å². The molecule has 1 aliphatic heterocycles. The fraction of sp³-hybridized carbons (Fsp3) is 0.444. The SMILES string of the molecule is Cc1cc2c(nc1CCCCC(F)(F)C[C@H](CC(=O)O)c1cnc3ccccc3c1)NCCC2. The Morgan fingerprint density at radius 2 is 2.06 bits per heavy atom. The first kappa shape index (κ1) is 24.0. The molecular weight excluding hydrogens is 436 g/mol. The third-order valence-electron chi connectivity index (χ3n) is 6.57. The van der Waals surface area contributed by atoms with Gasteiger partial charge in [-0.15, -0.1) is 0 Å². The molecule has 1 aromatic carbocycles. The zero-order valence-electron chi connectivity index (χ0n) is 19.5. The highest BCUT2D eigenvalue weighted by molar-refractivity contribution is 5.79. The standard InChI is InChI=1S/C27H31F2N3O2/c1-18-13-20-8-6-12-30-26(20)32-23(18)9-4-5-11-27(28,29)16-21(15-25(33)34)22-14-19-7-2-3-10-24(19)31-17-22/h2-3,7,10,13-14,17,21H,4-6,8-9,11-12,15-16H2,1H3,(H,30,32)(H,33,34)/t21-/m0/s1. The molecule has 0 aliphatic carbocycles. The van der Waals surface area contributed by atoms with Gasteiger partial charge < -0.3 is 10.4 Å². The van der Waals surface area contributed by atoms with Crippen molar-refractivity contribution < 1.29 is 18.7 Å². The van der Waals surface area contributed by atoms with Crippen LogP contribution in [0, 0.1) is 6.92 Å². The second kappa shape index (κ2) is 10.5. The summed E-state index contributed by atoms with van der Waals surface area (Å²) in [7, 11) is 0. The van der Waals surface area contributed by atoms with Crippen LogP contribution in [0.15, 0.2) is 42.6 Å². The molecule has 0 radical (unpaired) electrons. The molecule has 0 bridgehead atoms. The molecule has 34 heavy (non-hydrogen) atoms. The van der Waals surface area contributed by atoms with Crippen LogP contribution in [0.5, 0.6) is 0 Å². The van der Waals surface area contributed by atoms with Gasteiger partial charge in [0.2, 0.25) is 5.92 Å². The molecule has 0 unspecified atom stereocenters. The van der Waals surface area contributed by atoms with Crippen molar-refractivity contribution in [2.45, 2.75) is 70.1 Å². The molecule has 0 saturated heterocycles. The van der Waals surface area contributed by atoms with Crippen molar-refractivity contribution in [3.8, 4) is 0 Å². The molecule has 0 spiro atoms. The summed E-state index contributed by atoms with van der Waals surface area (Å²) in [6.45, 7) is 2.94. The van der Waals surface area contributed by atoms with Crippen molar-refractivity contribution in [2.24, 2.45) is 0 Å². The molecule has 4 rings (SSSR count). The van der Waals surface area contributed by atoms with Crippen LogP contribution in [-0.4, -0.2) is 33.5 Å². The van der Waals surface area contributed by atoms with Gasteiger partial charge in [-0.05, 0) is 67.9 Å². The number of nitrogens with one attached hydrogen (secondary N) is 1. The van der Waals surface area contributed by atoms with E-state index >= 15 is 0 Å². The lowest BCUT2D eigenvalue weighted by molar-refractivity contribution is -0.138.